The lowest BCUT2D eigenvalue weighted by Gasteiger charge is -2.27. The Kier molecular flexibility index (Phi) is 7.45. The number of hydrogen-bond acceptors (Lipinski definition) is 5. The summed E-state index contributed by atoms with van der Waals surface area (Å²) in [4.78, 5) is 25.5. The number of nitrogens with one attached hydrogen (secondary N) is 2. The van der Waals surface area contributed by atoms with Gasteiger partial charge in [0, 0.05) is 36.9 Å². The monoisotopic (exact) mass is 355 g/mol. The summed E-state index contributed by atoms with van der Waals surface area (Å²) in [5.41, 5.74) is 0.546. The number of halogens is 1. The Morgan fingerprint density at radius 3 is 2.75 bits per heavy atom. The number of benzene rings is 1. The molecule has 0 radical (unpaired) electrons. The number of rotatable bonds is 8. The highest BCUT2D eigenvalue weighted by molar-refractivity contribution is 6.30. The fourth-order valence-corrected chi connectivity index (χ4v) is 2.62. The van der Waals surface area contributed by atoms with Gasteiger partial charge in [-0.05, 0) is 18.2 Å². The Labute approximate surface area is 145 Å². The number of nitrogens with zero attached hydrogens (tertiary/aromatic N) is 1. The Bertz CT molecular complexity index is 564. The molecule has 1 saturated heterocycles. The van der Waals surface area contributed by atoms with Crippen LogP contribution in [0.4, 0.5) is 5.69 Å². The molecule has 1 amide bonds. The second-order valence-corrected chi connectivity index (χ2v) is 6.00. The lowest BCUT2D eigenvalue weighted by atomic mass is 10.2. The van der Waals surface area contributed by atoms with Gasteiger partial charge in [-0.1, -0.05) is 17.7 Å². The molecule has 132 valence electrons. The van der Waals surface area contributed by atoms with Gasteiger partial charge in [-0.15, -0.1) is 0 Å². The fourth-order valence-electron chi connectivity index (χ4n) is 2.43. The molecule has 24 heavy (non-hydrogen) atoms. The number of morpholine rings is 1. The van der Waals surface area contributed by atoms with E-state index in [1.165, 1.54) is 0 Å². The van der Waals surface area contributed by atoms with E-state index in [2.05, 4.69) is 15.5 Å². The minimum atomic E-state index is -1.04. The number of carbonyl (C=O) groups is 2. The third-order valence-corrected chi connectivity index (χ3v) is 3.95. The molecule has 1 heterocycles. The molecule has 1 aliphatic rings. The summed E-state index contributed by atoms with van der Waals surface area (Å²) in [6.07, 6.45) is -0.148. The van der Waals surface area contributed by atoms with Crippen molar-refractivity contribution in [3.05, 3.63) is 29.3 Å². The van der Waals surface area contributed by atoms with Crippen LogP contribution in [0.25, 0.3) is 0 Å². The number of ether oxygens (including phenoxy) is 1. The number of aliphatic carboxylic acids is 1. The van der Waals surface area contributed by atoms with Crippen molar-refractivity contribution in [1.29, 1.82) is 0 Å². The van der Waals surface area contributed by atoms with Gasteiger partial charge in [0.25, 0.3) is 0 Å². The van der Waals surface area contributed by atoms with E-state index in [0.717, 1.165) is 19.6 Å². The standard InChI is InChI=1S/C16H22ClN3O4/c17-12-2-1-3-13(10-12)19-15(21)11-14(16(22)23)18-4-5-20-6-8-24-9-7-20/h1-3,10,14,18H,4-9,11H2,(H,19,21)(H,22,23). The molecule has 7 nitrogen and oxygen atoms in total. The molecule has 1 aliphatic heterocycles. The van der Waals surface area contributed by atoms with Gasteiger partial charge < -0.3 is 20.5 Å². The van der Waals surface area contributed by atoms with E-state index in [4.69, 9.17) is 16.3 Å². The highest BCUT2D eigenvalue weighted by atomic mass is 35.5. The van der Waals surface area contributed by atoms with Crippen LogP contribution in [0.1, 0.15) is 6.42 Å². The molecule has 1 aromatic rings. The van der Waals surface area contributed by atoms with Crippen molar-refractivity contribution < 1.29 is 19.4 Å². The Morgan fingerprint density at radius 2 is 2.08 bits per heavy atom. The van der Waals surface area contributed by atoms with Crippen molar-refractivity contribution in [1.82, 2.24) is 10.2 Å². The maximum Gasteiger partial charge on any atom is 0.321 e. The molecule has 1 unspecified atom stereocenters. The zero-order valence-corrected chi connectivity index (χ0v) is 14.1. The van der Waals surface area contributed by atoms with Crippen LogP contribution in [0.2, 0.25) is 5.02 Å². The first-order chi connectivity index (χ1) is 11.5. The summed E-state index contributed by atoms with van der Waals surface area (Å²) in [6.45, 7) is 4.31. The zero-order chi connectivity index (χ0) is 17.4. The van der Waals surface area contributed by atoms with Crippen LogP contribution >= 0.6 is 11.6 Å². The van der Waals surface area contributed by atoms with Crippen LogP contribution in [0.3, 0.4) is 0 Å². The van der Waals surface area contributed by atoms with E-state index >= 15 is 0 Å². The van der Waals surface area contributed by atoms with Crippen LogP contribution in [-0.2, 0) is 14.3 Å². The van der Waals surface area contributed by atoms with Crippen molar-refractivity contribution >= 4 is 29.2 Å². The average Bonchev–Trinajstić information content (AvgIpc) is 2.54. The van der Waals surface area contributed by atoms with Gasteiger partial charge in [0.15, 0.2) is 0 Å². The molecule has 1 atom stereocenters. The molecule has 2 rings (SSSR count). The molecule has 0 spiro atoms. The highest BCUT2D eigenvalue weighted by Gasteiger charge is 2.21. The molecule has 0 saturated carbocycles. The Balaban J connectivity index is 1.77. The number of amides is 1. The molecular formula is C16H22ClN3O4. The second-order valence-electron chi connectivity index (χ2n) is 5.56. The van der Waals surface area contributed by atoms with Crippen LogP contribution in [-0.4, -0.2) is 67.3 Å². The van der Waals surface area contributed by atoms with E-state index < -0.39 is 12.0 Å². The molecule has 0 aromatic heterocycles. The summed E-state index contributed by atoms with van der Waals surface area (Å²) >= 11 is 5.86. The lowest BCUT2D eigenvalue weighted by molar-refractivity contribution is -0.141. The molecule has 8 heteroatoms. The van der Waals surface area contributed by atoms with Gasteiger partial charge in [0.1, 0.15) is 6.04 Å². The van der Waals surface area contributed by atoms with Crippen molar-refractivity contribution in [3.63, 3.8) is 0 Å². The first-order valence-corrected chi connectivity index (χ1v) is 8.24. The molecule has 1 aromatic carbocycles. The van der Waals surface area contributed by atoms with Gasteiger partial charge in [-0.2, -0.15) is 0 Å². The van der Waals surface area contributed by atoms with Gasteiger partial charge in [-0.25, -0.2) is 0 Å². The maximum absolute atomic E-state index is 12.0. The number of carboxylic acids is 1. The number of carboxylic acid groups (broad SMARTS) is 1. The first kappa shape index (κ1) is 18.7. The van der Waals surface area contributed by atoms with Crippen molar-refractivity contribution in [2.75, 3.05) is 44.7 Å². The zero-order valence-electron chi connectivity index (χ0n) is 13.3. The van der Waals surface area contributed by atoms with Crippen molar-refractivity contribution in [2.24, 2.45) is 0 Å². The summed E-state index contributed by atoms with van der Waals surface area (Å²) < 4.78 is 5.26. The summed E-state index contributed by atoms with van der Waals surface area (Å²) in [5, 5.41) is 15.4. The quantitative estimate of drug-likeness (QED) is 0.645. The minimum absolute atomic E-state index is 0.148. The third-order valence-electron chi connectivity index (χ3n) is 3.72. The lowest BCUT2D eigenvalue weighted by Crippen LogP contribution is -2.45. The van der Waals surface area contributed by atoms with Gasteiger partial charge >= 0.3 is 5.97 Å². The van der Waals surface area contributed by atoms with E-state index in [1.54, 1.807) is 24.3 Å². The number of carbonyl (C=O) groups excluding carboxylic acids is 1. The molecule has 1 fully saturated rings. The van der Waals surface area contributed by atoms with Crippen LogP contribution in [0.5, 0.6) is 0 Å². The maximum atomic E-state index is 12.0. The van der Waals surface area contributed by atoms with E-state index in [-0.39, 0.29) is 12.3 Å². The first-order valence-electron chi connectivity index (χ1n) is 7.86. The van der Waals surface area contributed by atoms with E-state index in [9.17, 15) is 14.7 Å². The Morgan fingerprint density at radius 1 is 1.33 bits per heavy atom. The van der Waals surface area contributed by atoms with Gasteiger partial charge in [-0.3, -0.25) is 14.5 Å². The smallest absolute Gasteiger partial charge is 0.321 e. The third kappa shape index (κ3) is 6.45. The normalized spacial score (nSPS) is 16.5. The average molecular weight is 356 g/mol. The molecule has 3 N–H and O–H groups in total. The SMILES string of the molecule is O=C(CC(NCCN1CCOCC1)C(=O)O)Nc1cccc(Cl)c1. The Hall–Kier alpha value is -1.67. The summed E-state index contributed by atoms with van der Waals surface area (Å²) in [5.74, 6) is -1.42. The molecule has 0 bridgehead atoms. The fraction of sp³-hybridized carbons (Fsp3) is 0.500. The van der Waals surface area contributed by atoms with Gasteiger partial charge in [0.05, 0.1) is 19.6 Å². The predicted octanol–water partition coefficient (Wildman–Crippen LogP) is 1.04. The van der Waals surface area contributed by atoms with Crippen LogP contribution in [0, 0.1) is 0 Å². The molecule has 0 aliphatic carbocycles. The van der Waals surface area contributed by atoms with E-state index in [0.29, 0.717) is 30.5 Å². The number of hydrogen-bond donors (Lipinski definition) is 3. The largest absolute Gasteiger partial charge is 0.480 e. The highest BCUT2D eigenvalue weighted by Crippen LogP contribution is 2.15. The number of anilines is 1. The summed E-state index contributed by atoms with van der Waals surface area (Å²) in [6, 6.07) is 5.80. The molecular weight excluding hydrogens is 334 g/mol. The predicted molar refractivity (Wildman–Crippen MR) is 91.4 cm³/mol. The van der Waals surface area contributed by atoms with E-state index in [1.807, 2.05) is 0 Å². The van der Waals surface area contributed by atoms with Crippen LogP contribution < -0.4 is 10.6 Å². The topological polar surface area (TPSA) is 90.9 Å². The van der Waals surface area contributed by atoms with Crippen molar-refractivity contribution in [3.8, 4) is 0 Å². The van der Waals surface area contributed by atoms with Gasteiger partial charge in [0.2, 0.25) is 5.91 Å². The van der Waals surface area contributed by atoms with Crippen molar-refractivity contribution in [2.45, 2.75) is 12.5 Å². The van der Waals surface area contributed by atoms with Crippen LogP contribution in [0.15, 0.2) is 24.3 Å². The second kappa shape index (κ2) is 9.58. The minimum Gasteiger partial charge on any atom is -0.480 e. The summed E-state index contributed by atoms with van der Waals surface area (Å²) in [7, 11) is 0.